The molecule has 1 amide bonds. The number of non-ortho nitro benzene ring substituents is 1. The minimum Gasteiger partial charge on any atom is -0.491 e. The smallest absolute Gasteiger partial charge is 0.273 e. The molecule has 0 aliphatic carbocycles. The van der Waals surface area contributed by atoms with Gasteiger partial charge in [0.2, 0.25) is 0 Å². The number of rotatable bonds is 5. The van der Waals surface area contributed by atoms with Gasteiger partial charge in [-0.3, -0.25) is 19.9 Å². The third kappa shape index (κ3) is 3.53. The number of aromatic nitrogens is 1. The Balaban J connectivity index is 2.26. The lowest BCUT2D eigenvalue weighted by molar-refractivity contribution is -0.384. The molecule has 1 N–H and O–H groups in total. The number of ether oxygens (including phenoxy) is 1. The van der Waals surface area contributed by atoms with Gasteiger partial charge >= 0.3 is 0 Å². The second kappa shape index (κ2) is 6.47. The number of nitro groups is 1. The van der Waals surface area contributed by atoms with Gasteiger partial charge in [-0.2, -0.15) is 0 Å². The van der Waals surface area contributed by atoms with Crippen LogP contribution in [0.3, 0.4) is 0 Å². The summed E-state index contributed by atoms with van der Waals surface area (Å²) >= 11 is 0. The van der Waals surface area contributed by atoms with Crippen LogP contribution in [-0.2, 0) is 0 Å². The summed E-state index contributed by atoms with van der Waals surface area (Å²) < 4.78 is 5.33. The van der Waals surface area contributed by atoms with Crippen LogP contribution < -0.4 is 10.1 Å². The molecule has 0 bridgehead atoms. The number of nitrogens with one attached hydrogen (secondary N) is 1. The van der Waals surface area contributed by atoms with Crippen molar-refractivity contribution in [3.63, 3.8) is 0 Å². The molecule has 0 saturated carbocycles. The summed E-state index contributed by atoms with van der Waals surface area (Å²) in [4.78, 5) is 26.1. The standard InChI is InChI=1S/C14H13N3O4/c1-2-21-13-9-11(17(19)20)3-4-12(13)16-14(18)10-5-7-15-8-6-10/h3-9H,2H2,1H3,(H,16,18). The highest BCUT2D eigenvalue weighted by Crippen LogP contribution is 2.29. The van der Waals surface area contributed by atoms with E-state index in [0.29, 0.717) is 17.9 Å². The first kappa shape index (κ1) is 14.4. The fourth-order valence-electron chi connectivity index (χ4n) is 1.70. The largest absolute Gasteiger partial charge is 0.491 e. The molecule has 7 nitrogen and oxygen atoms in total. The molecular formula is C14H13N3O4. The van der Waals surface area contributed by atoms with E-state index in [4.69, 9.17) is 4.74 Å². The molecule has 0 atom stereocenters. The predicted molar refractivity (Wildman–Crippen MR) is 76.5 cm³/mol. The summed E-state index contributed by atoms with van der Waals surface area (Å²) in [7, 11) is 0. The second-order valence-electron chi connectivity index (χ2n) is 4.06. The minimum absolute atomic E-state index is 0.0969. The predicted octanol–water partition coefficient (Wildman–Crippen LogP) is 2.64. The Morgan fingerprint density at radius 3 is 2.67 bits per heavy atom. The van der Waals surface area contributed by atoms with Crippen LogP contribution in [-0.4, -0.2) is 22.4 Å². The van der Waals surface area contributed by atoms with E-state index < -0.39 is 4.92 Å². The number of pyridine rings is 1. The van der Waals surface area contributed by atoms with Crippen molar-refractivity contribution >= 4 is 17.3 Å². The van der Waals surface area contributed by atoms with Gasteiger partial charge in [0.1, 0.15) is 5.75 Å². The van der Waals surface area contributed by atoms with Crippen LogP contribution in [0.25, 0.3) is 0 Å². The summed E-state index contributed by atoms with van der Waals surface area (Å²) in [6.07, 6.45) is 3.02. The number of carbonyl (C=O) groups excluding carboxylic acids is 1. The van der Waals surface area contributed by atoms with Gasteiger partial charge in [0.25, 0.3) is 11.6 Å². The van der Waals surface area contributed by atoms with Crippen molar-refractivity contribution in [2.45, 2.75) is 6.92 Å². The fraction of sp³-hybridized carbons (Fsp3) is 0.143. The molecule has 7 heteroatoms. The molecule has 2 aromatic rings. The van der Waals surface area contributed by atoms with Crippen molar-refractivity contribution in [1.82, 2.24) is 4.98 Å². The van der Waals surface area contributed by atoms with Gasteiger partial charge in [0.15, 0.2) is 0 Å². The highest BCUT2D eigenvalue weighted by molar-refractivity contribution is 6.05. The zero-order chi connectivity index (χ0) is 15.2. The van der Waals surface area contributed by atoms with Crippen molar-refractivity contribution in [2.75, 3.05) is 11.9 Å². The van der Waals surface area contributed by atoms with Crippen LogP contribution in [0.15, 0.2) is 42.7 Å². The van der Waals surface area contributed by atoms with Gasteiger partial charge in [-0.05, 0) is 25.1 Å². The maximum atomic E-state index is 12.1. The number of hydrogen-bond acceptors (Lipinski definition) is 5. The topological polar surface area (TPSA) is 94.4 Å². The van der Waals surface area contributed by atoms with Crippen LogP contribution in [0.5, 0.6) is 5.75 Å². The first-order chi connectivity index (χ1) is 10.1. The zero-order valence-corrected chi connectivity index (χ0v) is 11.3. The van der Waals surface area contributed by atoms with E-state index in [0.717, 1.165) is 0 Å². The number of carbonyl (C=O) groups is 1. The highest BCUT2D eigenvalue weighted by atomic mass is 16.6. The number of nitro benzene ring substituents is 1. The summed E-state index contributed by atoms with van der Waals surface area (Å²) in [6, 6.07) is 7.18. The monoisotopic (exact) mass is 287 g/mol. The Morgan fingerprint density at radius 1 is 1.33 bits per heavy atom. The molecule has 0 aliphatic heterocycles. The molecule has 0 radical (unpaired) electrons. The van der Waals surface area contributed by atoms with E-state index in [-0.39, 0.29) is 17.3 Å². The second-order valence-corrected chi connectivity index (χ2v) is 4.06. The summed E-state index contributed by atoms with van der Waals surface area (Å²) in [5, 5.41) is 13.4. The summed E-state index contributed by atoms with van der Waals surface area (Å²) in [5.41, 5.74) is 0.718. The first-order valence-electron chi connectivity index (χ1n) is 6.24. The SMILES string of the molecule is CCOc1cc([N+](=O)[O-])ccc1NC(=O)c1ccncc1. The Labute approximate surface area is 120 Å². The van der Waals surface area contributed by atoms with Crippen molar-refractivity contribution in [3.8, 4) is 5.75 Å². The van der Waals surface area contributed by atoms with Crippen molar-refractivity contribution in [1.29, 1.82) is 0 Å². The number of hydrogen-bond donors (Lipinski definition) is 1. The number of anilines is 1. The molecule has 0 fully saturated rings. The molecule has 0 unspecified atom stereocenters. The molecule has 2 rings (SSSR count). The summed E-state index contributed by atoms with van der Waals surface area (Å²) in [5.74, 6) is -0.0821. The number of amides is 1. The van der Waals surface area contributed by atoms with Crippen LogP contribution in [0, 0.1) is 10.1 Å². The molecule has 1 heterocycles. The van der Waals surface area contributed by atoms with E-state index in [1.807, 2.05) is 0 Å². The van der Waals surface area contributed by atoms with Crippen molar-refractivity contribution < 1.29 is 14.5 Å². The van der Waals surface area contributed by atoms with Gasteiger partial charge in [0, 0.05) is 24.0 Å². The lowest BCUT2D eigenvalue weighted by Crippen LogP contribution is -2.13. The number of benzene rings is 1. The van der Waals surface area contributed by atoms with E-state index in [1.54, 1.807) is 19.1 Å². The molecule has 0 spiro atoms. The Bertz CT molecular complexity index is 659. The molecule has 21 heavy (non-hydrogen) atoms. The van der Waals surface area contributed by atoms with Gasteiger partial charge in [-0.1, -0.05) is 0 Å². The highest BCUT2D eigenvalue weighted by Gasteiger charge is 2.14. The quantitative estimate of drug-likeness (QED) is 0.673. The molecule has 0 aliphatic rings. The van der Waals surface area contributed by atoms with Gasteiger partial charge in [-0.25, -0.2) is 0 Å². The maximum absolute atomic E-state index is 12.1. The van der Waals surface area contributed by atoms with Crippen molar-refractivity contribution in [3.05, 3.63) is 58.4 Å². The van der Waals surface area contributed by atoms with Gasteiger partial charge in [0.05, 0.1) is 23.3 Å². The molecule has 108 valence electrons. The minimum atomic E-state index is -0.517. The van der Waals surface area contributed by atoms with E-state index in [9.17, 15) is 14.9 Å². The van der Waals surface area contributed by atoms with E-state index >= 15 is 0 Å². The Hall–Kier alpha value is -2.96. The normalized spacial score (nSPS) is 9.95. The van der Waals surface area contributed by atoms with Crippen LogP contribution in [0.2, 0.25) is 0 Å². The van der Waals surface area contributed by atoms with Crippen LogP contribution in [0.1, 0.15) is 17.3 Å². The maximum Gasteiger partial charge on any atom is 0.273 e. The number of nitrogens with zero attached hydrogens (tertiary/aromatic N) is 2. The first-order valence-corrected chi connectivity index (χ1v) is 6.24. The fourth-order valence-corrected chi connectivity index (χ4v) is 1.70. The molecule has 0 saturated heterocycles. The Morgan fingerprint density at radius 2 is 2.05 bits per heavy atom. The third-order valence-corrected chi connectivity index (χ3v) is 2.67. The van der Waals surface area contributed by atoms with Gasteiger partial charge < -0.3 is 10.1 Å². The lowest BCUT2D eigenvalue weighted by atomic mass is 10.2. The van der Waals surface area contributed by atoms with Crippen LogP contribution in [0.4, 0.5) is 11.4 Å². The average Bonchev–Trinajstić information content (AvgIpc) is 2.50. The lowest BCUT2D eigenvalue weighted by Gasteiger charge is -2.11. The molecule has 1 aromatic heterocycles. The summed E-state index contributed by atoms with van der Waals surface area (Å²) in [6.45, 7) is 2.09. The molecular weight excluding hydrogens is 274 g/mol. The van der Waals surface area contributed by atoms with E-state index in [2.05, 4.69) is 10.3 Å². The van der Waals surface area contributed by atoms with E-state index in [1.165, 1.54) is 30.6 Å². The average molecular weight is 287 g/mol. The van der Waals surface area contributed by atoms with Crippen LogP contribution >= 0.6 is 0 Å². The Kier molecular flexibility index (Phi) is 4.45. The van der Waals surface area contributed by atoms with Crippen molar-refractivity contribution in [2.24, 2.45) is 0 Å². The zero-order valence-electron chi connectivity index (χ0n) is 11.3. The van der Waals surface area contributed by atoms with Gasteiger partial charge in [-0.15, -0.1) is 0 Å². The molecule has 1 aromatic carbocycles. The third-order valence-electron chi connectivity index (χ3n) is 2.67.